The van der Waals surface area contributed by atoms with Crippen LogP contribution >= 0.6 is 0 Å². The molecule has 1 aliphatic heterocycles. The van der Waals surface area contributed by atoms with Gasteiger partial charge in [0.05, 0.1) is 0 Å². The summed E-state index contributed by atoms with van der Waals surface area (Å²) < 4.78 is 0. The Kier molecular flexibility index (Phi) is 3.12. The molecule has 3 heteroatoms. The van der Waals surface area contributed by atoms with Crippen molar-refractivity contribution in [3.05, 3.63) is 0 Å². The molecule has 1 unspecified atom stereocenters. The lowest BCUT2D eigenvalue weighted by Crippen LogP contribution is -2.36. The lowest BCUT2D eigenvalue weighted by molar-refractivity contribution is 0.264. The van der Waals surface area contributed by atoms with Crippen molar-refractivity contribution < 1.29 is 0 Å². The molecule has 0 spiro atoms. The second-order valence-electron chi connectivity index (χ2n) is 2.92. The van der Waals surface area contributed by atoms with Crippen LogP contribution in [0.15, 0.2) is 0 Å². The van der Waals surface area contributed by atoms with Crippen LogP contribution in [0.2, 0.25) is 0 Å². The third-order valence-electron chi connectivity index (χ3n) is 2.14. The molecule has 1 aliphatic rings. The number of nitrogens with one attached hydrogen (secondary N) is 1. The van der Waals surface area contributed by atoms with E-state index < -0.39 is 0 Å². The molecular formula is C7H17N3. The van der Waals surface area contributed by atoms with E-state index in [0.717, 1.165) is 25.7 Å². The quantitative estimate of drug-likeness (QED) is 0.545. The molecule has 3 N–H and O–H groups in total. The number of nitrogens with two attached hydrogens (primary N) is 1. The normalized spacial score (nSPS) is 26.1. The fourth-order valence-corrected chi connectivity index (χ4v) is 1.40. The van der Waals surface area contributed by atoms with Gasteiger partial charge in [-0.2, -0.15) is 0 Å². The maximum absolute atomic E-state index is 5.43. The van der Waals surface area contributed by atoms with Gasteiger partial charge in [0, 0.05) is 25.7 Å². The molecule has 0 bridgehead atoms. The summed E-state index contributed by atoms with van der Waals surface area (Å²) in [4.78, 5) is 2.33. The summed E-state index contributed by atoms with van der Waals surface area (Å²) in [5, 5.41) is 3.33. The zero-order valence-corrected chi connectivity index (χ0v) is 6.64. The minimum absolute atomic E-state index is 0.726. The molecule has 0 radical (unpaired) electrons. The topological polar surface area (TPSA) is 41.3 Å². The Bertz CT molecular complexity index is 88.9. The Hall–Kier alpha value is -0.120. The molecule has 0 aliphatic carbocycles. The van der Waals surface area contributed by atoms with Crippen LogP contribution in [0, 0.1) is 0 Å². The summed E-state index contributed by atoms with van der Waals surface area (Å²) in [6.07, 6.45) is 1.27. The van der Waals surface area contributed by atoms with Crippen LogP contribution < -0.4 is 11.1 Å². The van der Waals surface area contributed by atoms with Gasteiger partial charge >= 0.3 is 0 Å². The molecule has 1 atom stereocenters. The van der Waals surface area contributed by atoms with Gasteiger partial charge in [0.15, 0.2) is 0 Å². The number of nitrogens with zero attached hydrogens (tertiary/aromatic N) is 1. The molecule has 10 heavy (non-hydrogen) atoms. The van der Waals surface area contributed by atoms with E-state index in [1.165, 1.54) is 13.0 Å². The van der Waals surface area contributed by atoms with Crippen LogP contribution in [0.1, 0.15) is 6.42 Å². The van der Waals surface area contributed by atoms with Gasteiger partial charge in [0.25, 0.3) is 0 Å². The number of hydrogen-bond donors (Lipinski definition) is 2. The van der Waals surface area contributed by atoms with Crippen molar-refractivity contribution in [1.82, 2.24) is 10.2 Å². The average molecular weight is 143 g/mol. The lowest BCUT2D eigenvalue weighted by atomic mass is 10.2. The molecule has 1 saturated heterocycles. The zero-order chi connectivity index (χ0) is 7.40. The fraction of sp³-hybridized carbons (Fsp3) is 1.00. The minimum Gasteiger partial charge on any atom is -0.329 e. The predicted molar refractivity (Wildman–Crippen MR) is 43.0 cm³/mol. The fourth-order valence-electron chi connectivity index (χ4n) is 1.40. The second-order valence-corrected chi connectivity index (χ2v) is 2.92. The number of likely N-dealkylation sites (N-methyl/N-ethyl adjacent to an activating group) is 1. The van der Waals surface area contributed by atoms with E-state index in [2.05, 4.69) is 17.3 Å². The Labute approximate surface area is 62.6 Å². The molecule has 1 rings (SSSR count). The van der Waals surface area contributed by atoms with Crippen molar-refractivity contribution in [2.75, 3.05) is 33.2 Å². The zero-order valence-electron chi connectivity index (χ0n) is 6.64. The molecule has 0 saturated carbocycles. The Morgan fingerprint density at radius 2 is 2.50 bits per heavy atom. The first kappa shape index (κ1) is 7.98. The minimum atomic E-state index is 0.726. The van der Waals surface area contributed by atoms with Crippen molar-refractivity contribution in [3.63, 3.8) is 0 Å². The number of hydrogen-bond acceptors (Lipinski definition) is 3. The Balaban J connectivity index is 2.18. The highest BCUT2D eigenvalue weighted by atomic mass is 15.2. The summed E-state index contributed by atoms with van der Waals surface area (Å²) in [5.41, 5.74) is 5.43. The van der Waals surface area contributed by atoms with Gasteiger partial charge in [0.2, 0.25) is 0 Å². The van der Waals surface area contributed by atoms with Crippen molar-refractivity contribution in [2.24, 2.45) is 5.73 Å². The van der Waals surface area contributed by atoms with E-state index in [9.17, 15) is 0 Å². The highest BCUT2D eigenvalue weighted by Gasteiger charge is 2.17. The van der Waals surface area contributed by atoms with Crippen LogP contribution in [-0.2, 0) is 0 Å². The highest BCUT2D eigenvalue weighted by molar-refractivity contribution is 4.78. The molecule has 1 heterocycles. The Morgan fingerprint density at radius 1 is 1.70 bits per heavy atom. The van der Waals surface area contributed by atoms with Gasteiger partial charge in [-0.15, -0.1) is 0 Å². The third kappa shape index (κ3) is 1.94. The molecule has 0 aromatic carbocycles. The van der Waals surface area contributed by atoms with Crippen LogP contribution in [0.25, 0.3) is 0 Å². The van der Waals surface area contributed by atoms with E-state index in [0.29, 0.717) is 0 Å². The van der Waals surface area contributed by atoms with Crippen LogP contribution in [0.3, 0.4) is 0 Å². The van der Waals surface area contributed by atoms with Crippen LogP contribution in [0.4, 0.5) is 0 Å². The average Bonchev–Trinajstić information content (AvgIpc) is 2.38. The first-order valence-electron chi connectivity index (χ1n) is 3.95. The maximum atomic E-state index is 5.43. The van der Waals surface area contributed by atoms with Gasteiger partial charge in [-0.3, -0.25) is 0 Å². The molecule has 60 valence electrons. The summed E-state index contributed by atoms with van der Waals surface area (Å²) in [6.45, 7) is 4.09. The molecule has 0 amide bonds. The van der Waals surface area contributed by atoms with Gasteiger partial charge in [-0.1, -0.05) is 0 Å². The molecular weight excluding hydrogens is 126 g/mol. The van der Waals surface area contributed by atoms with Crippen LogP contribution in [-0.4, -0.2) is 44.2 Å². The summed E-state index contributed by atoms with van der Waals surface area (Å²) in [6, 6.07) is 0.726. The van der Waals surface area contributed by atoms with Gasteiger partial charge in [-0.25, -0.2) is 0 Å². The first-order chi connectivity index (χ1) is 4.84. The molecule has 0 aromatic heterocycles. The van der Waals surface area contributed by atoms with E-state index >= 15 is 0 Å². The van der Waals surface area contributed by atoms with Crippen molar-refractivity contribution in [3.8, 4) is 0 Å². The lowest BCUT2D eigenvalue weighted by Gasteiger charge is -2.22. The van der Waals surface area contributed by atoms with E-state index in [-0.39, 0.29) is 0 Å². The van der Waals surface area contributed by atoms with Crippen LogP contribution in [0.5, 0.6) is 0 Å². The predicted octanol–water partition coefficient (Wildman–Crippen LogP) is -0.761. The molecule has 0 aromatic rings. The smallest absolute Gasteiger partial charge is 0.0230 e. The van der Waals surface area contributed by atoms with Crippen molar-refractivity contribution in [1.29, 1.82) is 0 Å². The largest absolute Gasteiger partial charge is 0.329 e. The van der Waals surface area contributed by atoms with Crippen molar-refractivity contribution >= 4 is 0 Å². The monoisotopic (exact) mass is 143 g/mol. The molecule has 1 fully saturated rings. The number of rotatable bonds is 3. The second kappa shape index (κ2) is 3.91. The standard InChI is InChI=1S/C7H17N3/c1-10(5-3-8)7-2-4-9-6-7/h7,9H,2-6,8H2,1H3. The van der Waals surface area contributed by atoms with E-state index in [4.69, 9.17) is 5.73 Å². The van der Waals surface area contributed by atoms with E-state index in [1.54, 1.807) is 0 Å². The maximum Gasteiger partial charge on any atom is 0.0230 e. The summed E-state index contributed by atoms with van der Waals surface area (Å²) >= 11 is 0. The summed E-state index contributed by atoms with van der Waals surface area (Å²) in [7, 11) is 2.14. The van der Waals surface area contributed by atoms with Gasteiger partial charge in [-0.05, 0) is 20.0 Å². The first-order valence-corrected chi connectivity index (χ1v) is 3.95. The van der Waals surface area contributed by atoms with Crippen molar-refractivity contribution in [2.45, 2.75) is 12.5 Å². The third-order valence-corrected chi connectivity index (χ3v) is 2.14. The Morgan fingerprint density at radius 3 is 3.00 bits per heavy atom. The SMILES string of the molecule is CN(CCN)C1CCNC1. The van der Waals surface area contributed by atoms with Gasteiger partial charge in [0.1, 0.15) is 0 Å². The highest BCUT2D eigenvalue weighted by Crippen LogP contribution is 2.04. The van der Waals surface area contributed by atoms with E-state index in [1.807, 2.05) is 0 Å². The summed E-state index contributed by atoms with van der Waals surface area (Å²) in [5.74, 6) is 0. The van der Waals surface area contributed by atoms with Gasteiger partial charge < -0.3 is 16.0 Å². The molecule has 3 nitrogen and oxygen atoms in total.